The van der Waals surface area contributed by atoms with Crippen LogP contribution in [0.5, 0.6) is 0 Å². The van der Waals surface area contributed by atoms with Crippen molar-refractivity contribution in [3.63, 3.8) is 0 Å². The number of rotatable bonds is 3. The molecule has 0 heterocycles. The number of hydrogen-bond donors (Lipinski definition) is 0. The van der Waals surface area contributed by atoms with Crippen LogP contribution in [-0.4, -0.2) is 9.52 Å². The van der Waals surface area contributed by atoms with Crippen LogP contribution < -0.4 is 0 Å². The van der Waals surface area contributed by atoms with E-state index in [-0.39, 0.29) is 9.52 Å². The SMILES string of the molecule is CC([SiH2]C1CCCCC1)C1CCCCC1. The van der Waals surface area contributed by atoms with Crippen LogP contribution in [0.4, 0.5) is 0 Å². The highest BCUT2D eigenvalue weighted by molar-refractivity contribution is 6.39. The summed E-state index contributed by atoms with van der Waals surface area (Å²) in [6.45, 7) is 2.59. The Balaban J connectivity index is 1.72. The van der Waals surface area contributed by atoms with Crippen LogP contribution in [-0.2, 0) is 0 Å². The molecule has 2 rings (SSSR count). The summed E-state index contributed by atoms with van der Waals surface area (Å²) in [7, 11) is 0.245. The highest BCUT2D eigenvalue weighted by Gasteiger charge is 2.24. The van der Waals surface area contributed by atoms with Gasteiger partial charge in [-0.2, -0.15) is 0 Å². The van der Waals surface area contributed by atoms with Crippen LogP contribution in [0.2, 0.25) is 11.1 Å². The van der Waals surface area contributed by atoms with Crippen LogP contribution in [0.25, 0.3) is 0 Å². The van der Waals surface area contributed by atoms with E-state index in [0.717, 1.165) is 11.5 Å². The maximum absolute atomic E-state index is 2.59. The van der Waals surface area contributed by atoms with E-state index >= 15 is 0 Å². The van der Waals surface area contributed by atoms with E-state index in [2.05, 4.69) is 6.92 Å². The van der Waals surface area contributed by atoms with E-state index in [1.54, 1.807) is 38.5 Å². The van der Waals surface area contributed by atoms with Gasteiger partial charge in [0.2, 0.25) is 0 Å². The molecular weight excluding hydrogens is 196 g/mol. The van der Waals surface area contributed by atoms with Gasteiger partial charge in [0.05, 0.1) is 0 Å². The lowest BCUT2D eigenvalue weighted by molar-refractivity contribution is 0.345. The molecule has 2 aliphatic carbocycles. The zero-order chi connectivity index (χ0) is 10.5. The van der Waals surface area contributed by atoms with Crippen molar-refractivity contribution in [2.24, 2.45) is 5.92 Å². The predicted molar refractivity (Wildman–Crippen MR) is 71.4 cm³/mol. The minimum absolute atomic E-state index is 0.245. The van der Waals surface area contributed by atoms with Crippen LogP contribution >= 0.6 is 0 Å². The molecule has 0 bridgehead atoms. The molecule has 0 amide bonds. The molecule has 15 heavy (non-hydrogen) atoms. The molecule has 2 fully saturated rings. The standard InChI is InChI=1S/C14H28Si/c1-12(13-8-4-2-5-9-13)15-14-10-6-3-7-11-14/h12-14H,2-11,15H2,1H3. The maximum Gasteiger partial charge on any atom is 0.0264 e. The van der Waals surface area contributed by atoms with E-state index in [9.17, 15) is 0 Å². The Labute approximate surface area is 98.0 Å². The lowest BCUT2D eigenvalue weighted by atomic mass is 9.87. The van der Waals surface area contributed by atoms with Crippen molar-refractivity contribution in [3.05, 3.63) is 0 Å². The Morgan fingerprint density at radius 2 is 1.33 bits per heavy atom. The van der Waals surface area contributed by atoms with Gasteiger partial charge in [-0.1, -0.05) is 82.2 Å². The Morgan fingerprint density at radius 3 is 1.93 bits per heavy atom. The van der Waals surface area contributed by atoms with Crippen molar-refractivity contribution < 1.29 is 0 Å². The van der Waals surface area contributed by atoms with Crippen LogP contribution in [0.1, 0.15) is 71.1 Å². The molecule has 0 aromatic heterocycles. The summed E-state index contributed by atoms with van der Waals surface area (Å²) >= 11 is 0. The third-order valence-electron chi connectivity index (χ3n) is 4.88. The second-order valence-electron chi connectivity index (χ2n) is 6.12. The van der Waals surface area contributed by atoms with E-state index in [0.29, 0.717) is 0 Å². The van der Waals surface area contributed by atoms with Gasteiger partial charge in [-0.15, -0.1) is 0 Å². The second kappa shape index (κ2) is 6.08. The molecule has 1 unspecified atom stereocenters. The van der Waals surface area contributed by atoms with Crippen LogP contribution in [0.3, 0.4) is 0 Å². The van der Waals surface area contributed by atoms with Gasteiger partial charge in [-0.3, -0.25) is 0 Å². The molecule has 0 spiro atoms. The topological polar surface area (TPSA) is 0 Å². The summed E-state index contributed by atoms with van der Waals surface area (Å²) in [4.78, 5) is 0. The lowest BCUT2D eigenvalue weighted by Gasteiger charge is -2.31. The van der Waals surface area contributed by atoms with E-state index in [4.69, 9.17) is 0 Å². The molecule has 0 nitrogen and oxygen atoms in total. The Hall–Kier alpha value is 0.217. The molecule has 0 saturated heterocycles. The summed E-state index contributed by atoms with van der Waals surface area (Å²) < 4.78 is 0. The average molecular weight is 224 g/mol. The second-order valence-corrected chi connectivity index (χ2v) is 9.03. The first kappa shape index (κ1) is 11.7. The zero-order valence-corrected chi connectivity index (χ0v) is 11.9. The quantitative estimate of drug-likeness (QED) is 0.627. The molecule has 1 atom stereocenters. The van der Waals surface area contributed by atoms with Crippen molar-refractivity contribution in [2.75, 3.05) is 0 Å². The van der Waals surface area contributed by atoms with Gasteiger partial charge < -0.3 is 0 Å². The van der Waals surface area contributed by atoms with Crippen molar-refractivity contribution in [1.82, 2.24) is 0 Å². The maximum atomic E-state index is 2.59. The fourth-order valence-electron chi connectivity index (χ4n) is 3.84. The summed E-state index contributed by atoms with van der Waals surface area (Å²) in [6, 6.07) is 0. The van der Waals surface area contributed by atoms with Gasteiger partial charge in [0, 0.05) is 9.52 Å². The van der Waals surface area contributed by atoms with Crippen LogP contribution in [0.15, 0.2) is 0 Å². The van der Waals surface area contributed by atoms with E-state index in [1.807, 2.05) is 0 Å². The highest BCUT2D eigenvalue weighted by Crippen LogP contribution is 2.37. The molecule has 0 N–H and O–H groups in total. The Kier molecular flexibility index (Phi) is 4.74. The van der Waals surface area contributed by atoms with Gasteiger partial charge in [0.1, 0.15) is 0 Å². The average Bonchev–Trinajstić information content (AvgIpc) is 2.31. The fraction of sp³-hybridized carbons (Fsp3) is 1.00. The largest absolute Gasteiger partial charge is 0.0652 e. The van der Waals surface area contributed by atoms with E-state index in [1.165, 1.54) is 31.2 Å². The highest BCUT2D eigenvalue weighted by atomic mass is 28.2. The molecule has 88 valence electrons. The van der Waals surface area contributed by atoms with Gasteiger partial charge >= 0.3 is 0 Å². The molecule has 0 aliphatic heterocycles. The summed E-state index contributed by atoms with van der Waals surface area (Å²) in [6.07, 6.45) is 15.6. The van der Waals surface area contributed by atoms with Crippen LogP contribution in [0, 0.1) is 5.92 Å². The van der Waals surface area contributed by atoms with Crippen molar-refractivity contribution in [1.29, 1.82) is 0 Å². The fourth-order valence-corrected chi connectivity index (χ4v) is 6.80. The van der Waals surface area contributed by atoms with Crippen molar-refractivity contribution in [2.45, 2.75) is 82.2 Å². The first-order chi connectivity index (χ1) is 7.36. The van der Waals surface area contributed by atoms with Gasteiger partial charge in [0.15, 0.2) is 0 Å². The molecular formula is C14H28Si. The Bertz CT molecular complexity index is 166. The summed E-state index contributed by atoms with van der Waals surface area (Å²) in [5, 5.41) is 0. The molecule has 0 aromatic rings. The molecule has 2 saturated carbocycles. The third kappa shape index (κ3) is 3.62. The zero-order valence-electron chi connectivity index (χ0n) is 10.5. The van der Waals surface area contributed by atoms with E-state index < -0.39 is 0 Å². The first-order valence-electron chi connectivity index (χ1n) is 7.36. The molecule has 0 aromatic carbocycles. The predicted octanol–water partition coefficient (Wildman–Crippen LogP) is 4.30. The summed E-state index contributed by atoms with van der Waals surface area (Å²) in [5.41, 5.74) is 2.39. The monoisotopic (exact) mass is 224 g/mol. The normalized spacial score (nSPS) is 28.6. The van der Waals surface area contributed by atoms with Crippen molar-refractivity contribution >= 4 is 9.52 Å². The lowest BCUT2D eigenvalue weighted by Crippen LogP contribution is -2.20. The minimum atomic E-state index is 0.245. The minimum Gasteiger partial charge on any atom is -0.0652 e. The van der Waals surface area contributed by atoms with Gasteiger partial charge in [0.25, 0.3) is 0 Å². The van der Waals surface area contributed by atoms with Crippen molar-refractivity contribution in [3.8, 4) is 0 Å². The number of hydrogen-bond acceptors (Lipinski definition) is 0. The molecule has 1 heteroatoms. The first-order valence-corrected chi connectivity index (χ1v) is 8.99. The molecule has 2 aliphatic rings. The Morgan fingerprint density at radius 1 is 0.800 bits per heavy atom. The van der Waals surface area contributed by atoms with Gasteiger partial charge in [-0.25, -0.2) is 0 Å². The summed E-state index contributed by atoms with van der Waals surface area (Å²) in [5.74, 6) is 1.15. The van der Waals surface area contributed by atoms with Gasteiger partial charge in [-0.05, 0) is 5.92 Å². The third-order valence-corrected chi connectivity index (χ3v) is 7.78. The smallest absolute Gasteiger partial charge is 0.0264 e. The molecule has 0 radical (unpaired) electrons.